The molecule has 1 fully saturated rings. The van der Waals surface area contributed by atoms with Gasteiger partial charge < -0.3 is 5.32 Å². The van der Waals surface area contributed by atoms with Crippen LogP contribution in [0.2, 0.25) is 0 Å². The van der Waals surface area contributed by atoms with Crippen molar-refractivity contribution in [2.24, 2.45) is 5.92 Å². The number of amides is 1. The van der Waals surface area contributed by atoms with Gasteiger partial charge in [0.25, 0.3) is 0 Å². The first-order valence-electron chi connectivity index (χ1n) is 7.45. The highest BCUT2D eigenvalue weighted by molar-refractivity contribution is 5.94. The van der Waals surface area contributed by atoms with Crippen LogP contribution < -0.4 is 5.32 Å². The summed E-state index contributed by atoms with van der Waals surface area (Å²) >= 11 is 0. The van der Waals surface area contributed by atoms with Crippen molar-refractivity contribution in [3.05, 3.63) is 29.8 Å². The third-order valence-electron chi connectivity index (χ3n) is 4.16. The SMILES string of the molecule is Cc1ccc(NC(=O)[C@H](C)N2CCC[C@H](C(F)(F)F)C2)cc1. The van der Waals surface area contributed by atoms with Crippen LogP contribution in [0.15, 0.2) is 24.3 Å². The standard InChI is InChI=1S/C16H21F3N2O/c1-11-5-7-14(8-6-11)20-15(22)12(2)21-9-3-4-13(10-21)16(17,18)19/h5-8,12-13H,3-4,9-10H2,1-2H3,(H,20,22)/t12-,13-/m0/s1. The zero-order valence-corrected chi connectivity index (χ0v) is 12.8. The van der Waals surface area contributed by atoms with Gasteiger partial charge in [-0.25, -0.2) is 0 Å². The minimum Gasteiger partial charge on any atom is -0.325 e. The lowest BCUT2D eigenvalue weighted by atomic mass is 9.96. The van der Waals surface area contributed by atoms with Gasteiger partial charge in [-0.15, -0.1) is 0 Å². The van der Waals surface area contributed by atoms with Gasteiger partial charge in [0, 0.05) is 12.2 Å². The number of piperidine rings is 1. The Labute approximate surface area is 128 Å². The average molecular weight is 314 g/mol. The Morgan fingerprint density at radius 2 is 1.95 bits per heavy atom. The van der Waals surface area contributed by atoms with E-state index in [2.05, 4.69) is 5.32 Å². The van der Waals surface area contributed by atoms with Gasteiger partial charge in [0.05, 0.1) is 12.0 Å². The number of carbonyl (C=O) groups excluding carboxylic acids is 1. The van der Waals surface area contributed by atoms with E-state index in [-0.39, 0.29) is 18.9 Å². The number of likely N-dealkylation sites (tertiary alicyclic amines) is 1. The van der Waals surface area contributed by atoms with Crippen LogP contribution in [0.1, 0.15) is 25.3 Å². The Morgan fingerprint density at radius 3 is 2.55 bits per heavy atom. The number of nitrogens with one attached hydrogen (secondary N) is 1. The molecule has 2 rings (SSSR count). The van der Waals surface area contributed by atoms with E-state index < -0.39 is 18.1 Å². The summed E-state index contributed by atoms with van der Waals surface area (Å²) in [6.45, 7) is 4.02. The topological polar surface area (TPSA) is 32.3 Å². The van der Waals surface area contributed by atoms with Gasteiger partial charge in [-0.3, -0.25) is 9.69 Å². The third-order valence-corrected chi connectivity index (χ3v) is 4.16. The zero-order chi connectivity index (χ0) is 16.3. The van der Waals surface area contributed by atoms with Gasteiger partial charge in [0.15, 0.2) is 0 Å². The van der Waals surface area contributed by atoms with Crippen molar-refractivity contribution >= 4 is 11.6 Å². The number of hydrogen-bond donors (Lipinski definition) is 1. The molecule has 0 saturated carbocycles. The van der Waals surface area contributed by atoms with Crippen molar-refractivity contribution in [2.45, 2.75) is 38.9 Å². The van der Waals surface area contributed by atoms with Crippen LogP contribution in [0.25, 0.3) is 0 Å². The molecule has 3 nitrogen and oxygen atoms in total. The number of aryl methyl sites for hydroxylation is 1. The Morgan fingerprint density at radius 1 is 1.32 bits per heavy atom. The lowest BCUT2D eigenvalue weighted by Gasteiger charge is -2.36. The van der Waals surface area contributed by atoms with Gasteiger partial charge in [0.1, 0.15) is 0 Å². The van der Waals surface area contributed by atoms with Crippen LogP contribution in [0.3, 0.4) is 0 Å². The second-order valence-electron chi connectivity index (χ2n) is 5.91. The highest BCUT2D eigenvalue weighted by Crippen LogP contribution is 2.33. The Balaban J connectivity index is 1.96. The number of rotatable bonds is 3. The number of carbonyl (C=O) groups is 1. The Kier molecular flexibility index (Phi) is 5.11. The summed E-state index contributed by atoms with van der Waals surface area (Å²) < 4.78 is 38.5. The molecule has 22 heavy (non-hydrogen) atoms. The second kappa shape index (κ2) is 6.69. The maximum atomic E-state index is 12.8. The van der Waals surface area contributed by atoms with Crippen LogP contribution in [0.4, 0.5) is 18.9 Å². The minimum absolute atomic E-state index is 0.105. The molecule has 0 bridgehead atoms. The summed E-state index contributed by atoms with van der Waals surface area (Å²) in [7, 11) is 0. The molecule has 1 heterocycles. The van der Waals surface area contributed by atoms with Crippen LogP contribution >= 0.6 is 0 Å². The van der Waals surface area contributed by atoms with Crippen LogP contribution in [0.5, 0.6) is 0 Å². The molecule has 1 aliphatic heterocycles. The molecule has 0 aromatic heterocycles. The molecule has 0 unspecified atom stereocenters. The van der Waals surface area contributed by atoms with E-state index in [1.54, 1.807) is 24.0 Å². The molecule has 1 aromatic rings. The van der Waals surface area contributed by atoms with Gasteiger partial charge in [0.2, 0.25) is 5.91 Å². The molecule has 1 N–H and O–H groups in total. The second-order valence-corrected chi connectivity index (χ2v) is 5.91. The first kappa shape index (κ1) is 16.8. The summed E-state index contributed by atoms with van der Waals surface area (Å²) in [4.78, 5) is 13.8. The Bertz CT molecular complexity index is 513. The van der Waals surface area contributed by atoms with Gasteiger partial charge >= 0.3 is 6.18 Å². The zero-order valence-electron chi connectivity index (χ0n) is 12.8. The minimum atomic E-state index is -4.19. The summed E-state index contributed by atoms with van der Waals surface area (Å²) in [5.41, 5.74) is 1.74. The molecular formula is C16H21F3N2O. The molecule has 122 valence electrons. The summed E-state index contributed by atoms with van der Waals surface area (Å²) in [6.07, 6.45) is -3.58. The molecule has 2 atom stereocenters. The Hall–Kier alpha value is -1.56. The highest BCUT2D eigenvalue weighted by Gasteiger charge is 2.43. The van der Waals surface area contributed by atoms with Crippen molar-refractivity contribution < 1.29 is 18.0 Å². The number of nitrogens with zero attached hydrogens (tertiary/aromatic N) is 1. The van der Waals surface area contributed by atoms with Crippen molar-refractivity contribution in [3.63, 3.8) is 0 Å². The van der Waals surface area contributed by atoms with E-state index in [0.717, 1.165) is 5.56 Å². The highest BCUT2D eigenvalue weighted by atomic mass is 19.4. The number of halogens is 3. The van der Waals surface area contributed by atoms with Crippen molar-refractivity contribution in [3.8, 4) is 0 Å². The molecule has 1 aliphatic rings. The van der Waals surface area contributed by atoms with Gasteiger partial charge in [-0.05, 0) is 45.4 Å². The van der Waals surface area contributed by atoms with E-state index in [1.165, 1.54) is 0 Å². The summed E-state index contributed by atoms with van der Waals surface area (Å²) in [6, 6.07) is 6.75. The van der Waals surface area contributed by atoms with E-state index in [1.807, 2.05) is 19.1 Å². The van der Waals surface area contributed by atoms with E-state index >= 15 is 0 Å². The van der Waals surface area contributed by atoms with Crippen LogP contribution in [-0.2, 0) is 4.79 Å². The number of hydrogen-bond acceptors (Lipinski definition) is 2. The van der Waals surface area contributed by atoms with Crippen molar-refractivity contribution in [1.82, 2.24) is 4.90 Å². The van der Waals surface area contributed by atoms with Gasteiger partial charge in [-0.1, -0.05) is 17.7 Å². The van der Waals surface area contributed by atoms with Crippen molar-refractivity contribution in [1.29, 1.82) is 0 Å². The van der Waals surface area contributed by atoms with Crippen LogP contribution in [-0.4, -0.2) is 36.1 Å². The summed E-state index contributed by atoms with van der Waals surface area (Å²) in [5.74, 6) is -1.61. The predicted octanol–water partition coefficient (Wildman–Crippen LogP) is 3.60. The fourth-order valence-corrected chi connectivity index (χ4v) is 2.67. The molecule has 0 radical (unpaired) electrons. The quantitative estimate of drug-likeness (QED) is 0.924. The number of alkyl halides is 3. The molecule has 0 spiro atoms. The lowest BCUT2D eigenvalue weighted by molar-refractivity contribution is -0.188. The fourth-order valence-electron chi connectivity index (χ4n) is 2.67. The molecule has 1 aromatic carbocycles. The monoisotopic (exact) mass is 314 g/mol. The normalized spacial score (nSPS) is 21.4. The van der Waals surface area contributed by atoms with Crippen LogP contribution in [0, 0.1) is 12.8 Å². The first-order chi connectivity index (χ1) is 10.3. The van der Waals surface area contributed by atoms with E-state index in [9.17, 15) is 18.0 Å². The third kappa shape index (κ3) is 4.22. The van der Waals surface area contributed by atoms with E-state index in [0.29, 0.717) is 18.7 Å². The predicted molar refractivity (Wildman–Crippen MR) is 79.6 cm³/mol. The number of benzene rings is 1. The number of anilines is 1. The maximum absolute atomic E-state index is 12.8. The smallest absolute Gasteiger partial charge is 0.325 e. The molecule has 1 saturated heterocycles. The average Bonchev–Trinajstić information content (AvgIpc) is 2.48. The van der Waals surface area contributed by atoms with E-state index in [4.69, 9.17) is 0 Å². The first-order valence-corrected chi connectivity index (χ1v) is 7.45. The molecule has 1 amide bonds. The maximum Gasteiger partial charge on any atom is 0.393 e. The van der Waals surface area contributed by atoms with Crippen molar-refractivity contribution in [2.75, 3.05) is 18.4 Å². The van der Waals surface area contributed by atoms with Gasteiger partial charge in [-0.2, -0.15) is 13.2 Å². The largest absolute Gasteiger partial charge is 0.393 e. The summed E-state index contributed by atoms with van der Waals surface area (Å²) in [5, 5.41) is 2.76. The molecule has 6 heteroatoms. The molecule has 0 aliphatic carbocycles. The lowest BCUT2D eigenvalue weighted by Crippen LogP contribution is -2.49. The fraction of sp³-hybridized carbons (Fsp3) is 0.562. The molecular weight excluding hydrogens is 293 g/mol.